The van der Waals surface area contributed by atoms with E-state index in [9.17, 15) is 4.79 Å². The van der Waals surface area contributed by atoms with E-state index in [4.69, 9.17) is 38.4 Å². The van der Waals surface area contributed by atoms with Crippen LogP contribution >= 0.6 is 23.2 Å². The van der Waals surface area contributed by atoms with E-state index >= 15 is 0 Å². The van der Waals surface area contributed by atoms with E-state index in [0.29, 0.717) is 27.0 Å². The predicted molar refractivity (Wildman–Crippen MR) is 83.0 cm³/mol. The van der Waals surface area contributed by atoms with E-state index in [2.05, 4.69) is 0 Å². The van der Waals surface area contributed by atoms with Gasteiger partial charge in [0.1, 0.15) is 17.9 Å². The molecule has 2 N–H and O–H groups in total. The molecule has 0 aromatic heterocycles. The summed E-state index contributed by atoms with van der Waals surface area (Å²) in [7, 11) is 1.47. The lowest BCUT2D eigenvalue weighted by Gasteiger charge is -2.10. The maximum Gasteiger partial charge on any atom is 0.342 e. The average Bonchev–Trinajstić information content (AvgIpc) is 2.46. The second-order valence-corrected chi connectivity index (χ2v) is 5.12. The number of methoxy groups -OCH3 is 1. The van der Waals surface area contributed by atoms with Gasteiger partial charge in [0, 0.05) is 21.3 Å². The fraction of sp³-hybridized carbons (Fsp3) is 0.133. The first-order chi connectivity index (χ1) is 10.0. The number of carbonyl (C=O) groups is 1. The Morgan fingerprint density at radius 1 is 1.19 bits per heavy atom. The SMILES string of the molecule is COc1ccc(N)cc1C(=O)OCc1ccc(Cl)cc1Cl. The van der Waals surface area contributed by atoms with Crippen molar-refractivity contribution in [1.29, 1.82) is 0 Å². The minimum atomic E-state index is -0.537. The molecule has 0 saturated heterocycles. The fourth-order valence-corrected chi connectivity index (χ4v) is 2.21. The Morgan fingerprint density at radius 3 is 2.62 bits per heavy atom. The van der Waals surface area contributed by atoms with Gasteiger partial charge in [-0.3, -0.25) is 0 Å². The number of rotatable bonds is 4. The molecule has 0 amide bonds. The zero-order valence-corrected chi connectivity index (χ0v) is 12.7. The molecule has 0 aliphatic rings. The highest BCUT2D eigenvalue weighted by atomic mass is 35.5. The summed E-state index contributed by atoms with van der Waals surface area (Å²) in [5.74, 6) is -0.137. The Kier molecular flexibility index (Phi) is 4.94. The quantitative estimate of drug-likeness (QED) is 0.683. The third-order valence-electron chi connectivity index (χ3n) is 2.82. The molecular weight excluding hydrogens is 313 g/mol. The maximum absolute atomic E-state index is 12.1. The average molecular weight is 326 g/mol. The van der Waals surface area contributed by atoms with Crippen LogP contribution in [0.2, 0.25) is 10.0 Å². The normalized spacial score (nSPS) is 10.2. The third-order valence-corrected chi connectivity index (χ3v) is 3.40. The zero-order chi connectivity index (χ0) is 15.4. The number of benzene rings is 2. The van der Waals surface area contributed by atoms with E-state index < -0.39 is 5.97 Å². The topological polar surface area (TPSA) is 61.5 Å². The second-order valence-electron chi connectivity index (χ2n) is 4.27. The molecule has 2 aromatic rings. The molecule has 2 rings (SSSR count). The number of ether oxygens (including phenoxy) is 2. The number of hydrogen-bond acceptors (Lipinski definition) is 4. The number of halogens is 2. The molecule has 0 bridgehead atoms. The lowest BCUT2D eigenvalue weighted by Crippen LogP contribution is -2.08. The van der Waals surface area contributed by atoms with Crippen LogP contribution in [-0.4, -0.2) is 13.1 Å². The minimum Gasteiger partial charge on any atom is -0.496 e. The summed E-state index contributed by atoms with van der Waals surface area (Å²) in [6.45, 7) is 0.0345. The standard InChI is InChI=1S/C15H13Cl2NO3/c1-20-14-5-4-11(18)7-12(14)15(19)21-8-9-2-3-10(16)6-13(9)17/h2-7H,8,18H2,1H3. The van der Waals surface area contributed by atoms with Crippen LogP contribution in [0.4, 0.5) is 5.69 Å². The number of esters is 1. The lowest BCUT2D eigenvalue weighted by molar-refractivity contribution is 0.0469. The summed E-state index contributed by atoms with van der Waals surface area (Å²) in [6.07, 6.45) is 0. The first kappa shape index (κ1) is 15.5. The molecule has 0 aliphatic heterocycles. The van der Waals surface area contributed by atoms with Crippen molar-refractivity contribution in [2.24, 2.45) is 0 Å². The van der Waals surface area contributed by atoms with Gasteiger partial charge in [-0.1, -0.05) is 29.3 Å². The van der Waals surface area contributed by atoms with Crippen LogP contribution in [0.1, 0.15) is 15.9 Å². The summed E-state index contributed by atoms with van der Waals surface area (Å²) in [6, 6.07) is 9.73. The Morgan fingerprint density at radius 2 is 1.95 bits per heavy atom. The van der Waals surface area contributed by atoms with Crippen molar-refractivity contribution in [3.05, 3.63) is 57.6 Å². The highest BCUT2D eigenvalue weighted by molar-refractivity contribution is 6.35. The highest BCUT2D eigenvalue weighted by Crippen LogP contribution is 2.24. The molecule has 2 aromatic carbocycles. The minimum absolute atomic E-state index is 0.0345. The van der Waals surface area contributed by atoms with Gasteiger partial charge < -0.3 is 15.2 Å². The van der Waals surface area contributed by atoms with Crippen LogP contribution in [0.15, 0.2) is 36.4 Å². The Bertz CT molecular complexity index is 674. The zero-order valence-electron chi connectivity index (χ0n) is 11.2. The molecule has 110 valence electrons. The van der Waals surface area contributed by atoms with Crippen LogP contribution in [-0.2, 0) is 11.3 Å². The summed E-state index contributed by atoms with van der Waals surface area (Å²) in [4.78, 5) is 12.1. The molecule has 0 saturated carbocycles. The van der Waals surface area contributed by atoms with Crippen LogP contribution in [0.3, 0.4) is 0 Å². The maximum atomic E-state index is 12.1. The molecule has 0 aliphatic carbocycles. The molecular formula is C15H13Cl2NO3. The van der Waals surface area contributed by atoms with Crippen molar-refractivity contribution in [2.75, 3.05) is 12.8 Å². The van der Waals surface area contributed by atoms with Crippen LogP contribution in [0, 0.1) is 0 Å². The van der Waals surface area contributed by atoms with Crippen molar-refractivity contribution in [3.63, 3.8) is 0 Å². The smallest absolute Gasteiger partial charge is 0.342 e. The van der Waals surface area contributed by atoms with Crippen molar-refractivity contribution in [1.82, 2.24) is 0 Å². The molecule has 0 atom stereocenters. The number of nitrogen functional groups attached to an aromatic ring is 1. The van der Waals surface area contributed by atoms with Gasteiger partial charge in [0.25, 0.3) is 0 Å². The molecule has 0 heterocycles. The first-order valence-corrected chi connectivity index (χ1v) is 6.81. The van der Waals surface area contributed by atoms with Crippen LogP contribution in [0.5, 0.6) is 5.75 Å². The van der Waals surface area contributed by atoms with Gasteiger partial charge in [0.2, 0.25) is 0 Å². The van der Waals surface area contributed by atoms with Crippen molar-refractivity contribution < 1.29 is 14.3 Å². The summed E-state index contributed by atoms with van der Waals surface area (Å²) >= 11 is 11.8. The summed E-state index contributed by atoms with van der Waals surface area (Å²) < 4.78 is 10.3. The molecule has 0 spiro atoms. The molecule has 0 radical (unpaired) electrons. The van der Waals surface area contributed by atoms with E-state index in [1.54, 1.807) is 30.3 Å². The van der Waals surface area contributed by atoms with Gasteiger partial charge in [0.15, 0.2) is 0 Å². The number of nitrogens with two attached hydrogens (primary N) is 1. The molecule has 4 nitrogen and oxygen atoms in total. The molecule has 0 unspecified atom stereocenters. The summed E-state index contributed by atoms with van der Waals surface area (Å²) in [5.41, 5.74) is 7.05. The molecule has 0 fully saturated rings. The summed E-state index contributed by atoms with van der Waals surface area (Å²) in [5, 5.41) is 0.961. The first-order valence-electron chi connectivity index (χ1n) is 6.06. The second kappa shape index (κ2) is 6.70. The Balaban J connectivity index is 2.13. The highest BCUT2D eigenvalue weighted by Gasteiger charge is 2.15. The van der Waals surface area contributed by atoms with Crippen molar-refractivity contribution in [2.45, 2.75) is 6.61 Å². The van der Waals surface area contributed by atoms with E-state index in [0.717, 1.165) is 0 Å². The van der Waals surface area contributed by atoms with Gasteiger partial charge in [-0.25, -0.2) is 4.79 Å². The number of carbonyl (C=O) groups excluding carboxylic acids is 1. The van der Waals surface area contributed by atoms with Gasteiger partial charge in [0.05, 0.1) is 7.11 Å². The van der Waals surface area contributed by atoms with E-state index in [1.165, 1.54) is 13.2 Å². The largest absolute Gasteiger partial charge is 0.496 e. The van der Waals surface area contributed by atoms with E-state index in [-0.39, 0.29) is 12.2 Å². The van der Waals surface area contributed by atoms with Gasteiger partial charge >= 0.3 is 5.97 Å². The monoisotopic (exact) mass is 325 g/mol. The molecule has 21 heavy (non-hydrogen) atoms. The number of anilines is 1. The lowest BCUT2D eigenvalue weighted by atomic mass is 10.2. The fourth-order valence-electron chi connectivity index (χ4n) is 1.74. The van der Waals surface area contributed by atoms with Gasteiger partial charge in [-0.2, -0.15) is 0 Å². The molecule has 6 heteroatoms. The number of hydrogen-bond donors (Lipinski definition) is 1. The van der Waals surface area contributed by atoms with Gasteiger partial charge in [-0.05, 0) is 30.3 Å². The Hall–Kier alpha value is -1.91. The van der Waals surface area contributed by atoms with Crippen LogP contribution < -0.4 is 10.5 Å². The predicted octanol–water partition coefficient (Wildman–Crippen LogP) is 3.94. The van der Waals surface area contributed by atoms with Crippen molar-refractivity contribution >= 4 is 34.9 Å². The Labute approximate surface area is 132 Å². The third kappa shape index (κ3) is 3.80. The van der Waals surface area contributed by atoms with Gasteiger partial charge in [-0.15, -0.1) is 0 Å². The van der Waals surface area contributed by atoms with Crippen LogP contribution in [0.25, 0.3) is 0 Å². The van der Waals surface area contributed by atoms with E-state index in [1.807, 2.05) is 0 Å². The van der Waals surface area contributed by atoms with Crippen molar-refractivity contribution in [3.8, 4) is 5.75 Å².